The SMILES string of the molecule is CC12OC3(C)OC(=O)C(c4ccccc4)(O1)C3(C)O2. The van der Waals surface area contributed by atoms with E-state index in [1.807, 2.05) is 30.3 Å². The van der Waals surface area contributed by atoms with E-state index in [2.05, 4.69) is 0 Å². The van der Waals surface area contributed by atoms with Gasteiger partial charge in [-0.25, -0.2) is 4.79 Å². The van der Waals surface area contributed by atoms with Crippen LogP contribution < -0.4 is 0 Å². The molecule has 3 heterocycles. The summed E-state index contributed by atoms with van der Waals surface area (Å²) >= 11 is 0. The second kappa shape index (κ2) is 2.85. The predicted molar refractivity (Wildman–Crippen MR) is 62.7 cm³/mol. The Morgan fingerprint density at radius 1 is 0.947 bits per heavy atom. The zero-order valence-electron chi connectivity index (χ0n) is 10.9. The number of carbonyl (C=O) groups excluding carboxylic acids is 1. The lowest BCUT2D eigenvalue weighted by Gasteiger charge is -2.38. The molecule has 0 saturated carbocycles. The van der Waals surface area contributed by atoms with Crippen LogP contribution in [0.25, 0.3) is 0 Å². The maximum Gasteiger partial charge on any atom is 0.349 e. The lowest BCUT2D eigenvalue weighted by Crippen LogP contribution is -2.58. The summed E-state index contributed by atoms with van der Waals surface area (Å²) < 4.78 is 22.8. The second-order valence-corrected chi connectivity index (χ2v) is 5.58. The lowest BCUT2D eigenvalue weighted by molar-refractivity contribution is -0.352. The average Bonchev–Trinajstić information content (AvgIpc) is 2.72. The Kier molecular flexibility index (Phi) is 1.71. The molecule has 4 rings (SSSR count). The van der Waals surface area contributed by atoms with Gasteiger partial charge in [0.05, 0.1) is 0 Å². The zero-order valence-corrected chi connectivity index (χ0v) is 10.9. The molecule has 0 aliphatic carbocycles. The van der Waals surface area contributed by atoms with Gasteiger partial charge in [-0.1, -0.05) is 30.3 Å². The first-order chi connectivity index (χ1) is 8.85. The Labute approximate surface area is 110 Å². The molecule has 0 amide bonds. The van der Waals surface area contributed by atoms with Gasteiger partial charge in [0.15, 0.2) is 5.60 Å². The summed E-state index contributed by atoms with van der Waals surface area (Å²) in [5.74, 6) is -2.86. The Morgan fingerprint density at radius 2 is 1.63 bits per heavy atom. The van der Waals surface area contributed by atoms with E-state index in [1.54, 1.807) is 20.8 Å². The van der Waals surface area contributed by atoms with Crippen LogP contribution in [-0.2, 0) is 29.3 Å². The number of esters is 1. The fraction of sp³-hybridized carbons (Fsp3) is 0.500. The molecule has 4 unspecified atom stereocenters. The van der Waals surface area contributed by atoms with Crippen LogP contribution in [0.4, 0.5) is 0 Å². The highest BCUT2D eigenvalue weighted by Crippen LogP contribution is 2.67. The summed E-state index contributed by atoms with van der Waals surface area (Å²) in [6.07, 6.45) is 0. The minimum Gasteiger partial charge on any atom is -0.427 e. The van der Waals surface area contributed by atoms with Crippen LogP contribution in [0.1, 0.15) is 26.3 Å². The predicted octanol–water partition coefficient (Wildman–Crippen LogP) is 1.66. The number of ether oxygens (including phenoxy) is 4. The fourth-order valence-electron chi connectivity index (χ4n) is 3.47. The normalized spacial score (nSPS) is 50.6. The first-order valence-electron chi connectivity index (χ1n) is 6.25. The van der Waals surface area contributed by atoms with Crippen LogP contribution in [0.15, 0.2) is 30.3 Å². The lowest BCUT2D eigenvalue weighted by atomic mass is 9.76. The van der Waals surface area contributed by atoms with Crippen molar-refractivity contribution in [3.05, 3.63) is 35.9 Å². The maximum atomic E-state index is 12.5. The van der Waals surface area contributed by atoms with Gasteiger partial charge in [0.25, 0.3) is 5.97 Å². The third kappa shape index (κ3) is 0.991. The van der Waals surface area contributed by atoms with E-state index in [4.69, 9.17) is 18.9 Å². The highest BCUT2D eigenvalue weighted by molar-refractivity contribution is 5.87. The maximum absolute atomic E-state index is 12.5. The highest BCUT2D eigenvalue weighted by atomic mass is 17.0. The molecule has 0 N–H and O–H groups in total. The number of fused-ring (bicyclic) bond motifs is 1. The third-order valence-corrected chi connectivity index (χ3v) is 4.40. The molecule has 1 aromatic carbocycles. The molecule has 5 heteroatoms. The van der Waals surface area contributed by atoms with Crippen LogP contribution in [0.3, 0.4) is 0 Å². The van der Waals surface area contributed by atoms with Crippen LogP contribution in [-0.4, -0.2) is 23.3 Å². The van der Waals surface area contributed by atoms with Crippen molar-refractivity contribution in [2.24, 2.45) is 0 Å². The average molecular weight is 262 g/mol. The van der Waals surface area contributed by atoms with Crippen molar-refractivity contribution in [1.82, 2.24) is 0 Å². The molecule has 2 bridgehead atoms. The zero-order chi connectivity index (χ0) is 13.5. The van der Waals surface area contributed by atoms with Gasteiger partial charge in [0.1, 0.15) is 0 Å². The largest absolute Gasteiger partial charge is 0.427 e. The van der Waals surface area contributed by atoms with Gasteiger partial charge in [0, 0.05) is 13.8 Å². The van der Waals surface area contributed by atoms with E-state index in [1.165, 1.54) is 0 Å². The Hall–Kier alpha value is -1.43. The second-order valence-electron chi connectivity index (χ2n) is 5.58. The highest BCUT2D eigenvalue weighted by Gasteiger charge is 2.87. The van der Waals surface area contributed by atoms with E-state index in [0.29, 0.717) is 0 Å². The standard InChI is InChI=1S/C14H14O5/c1-11-12(2)16-10(15)14(11,9-7-5-4-6-8-9)19-13(3,17-11)18-12/h4-8H,1-3H3. The minimum atomic E-state index is -1.27. The smallest absolute Gasteiger partial charge is 0.349 e. The summed E-state index contributed by atoms with van der Waals surface area (Å²) in [5.41, 5.74) is -1.55. The summed E-state index contributed by atoms with van der Waals surface area (Å²) in [6.45, 7) is 5.16. The molecule has 0 radical (unpaired) electrons. The summed E-state index contributed by atoms with van der Waals surface area (Å²) in [7, 11) is 0. The van der Waals surface area contributed by atoms with Crippen molar-refractivity contribution in [2.75, 3.05) is 0 Å². The van der Waals surface area contributed by atoms with Gasteiger partial charge in [-0.05, 0) is 12.5 Å². The molecule has 4 atom stereocenters. The van der Waals surface area contributed by atoms with Gasteiger partial charge in [-0.15, -0.1) is 0 Å². The number of hydrogen-bond donors (Lipinski definition) is 0. The summed E-state index contributed by atoms with van der Waals surface area (Å²) in [5, 5.41) is 0. The Balaban J connectivity index is 2.01. The molecular formula is C14H14O5. The first kappa shape index (κ1) is 11.4. The van der Waals surface area contributed by atoms with Gasteiger partial charge in [-0.2, -0.15) is 0 Å². The van der Waals surface area contributed by atoms with Crippen molar-refractivity contribution >= 4 is 5.97 Å². The molecule has 1 aromatic rings. The first-order valence-corrected chi connectivity index (χ1v) is 6.25. The molecule has 100 valence electrons. The molecule has 0 spiro atoms. The van der Waals surface area contributed by atoms with Crippen molar-refractivity contribution in [3.8, 4) is 0 Å². The van der Waals surface area contributed by atoms with E-state index in [-0.39, 0.29) is 0 Å². The van der Waals surface area contributed by atoms with E-state index >= 15 is 0 Å². The van der Waals surface area contributed by atoms with Crippen molar-refractivity contribution in [1.29, 1.82) is 0 Å². The molecule has 3 aliphatic heterocycles. The number of hydrogen-bond acceptors (Lipinski definition) is 5. The monoisotopic (exact) mass is 262 g/mol. The van der Waals surface area contributed by atoms with E-state index < -0.39 is 28.9 Å². The Morgan fingerprint density at radius 3 is 2.26 bits per heavy atom. The molecule has 19 heavy (non-hydrogen) atoms. The number of benzene rings is 1. The minimum absolute atomic E-state index is 0.468. The Bertz CT molecular complexity index is 587. The van der Waals surface area contributed by atoms with Gasteiger partial charge < -0.3 is 14.2 Å². The van der Waals surface area contributed by atoms with Crippen LogP contribution in [0.5, 0.6) is 0 Å². The van der Waals surface area contributed by atoms with E-state index in [0.717, 1.165) is 5.56 Å². The quantitative estimate of drug-likeness (QED) is 0.720. The molecule has 3 saturated heterocycles. The van der Waals surface area contributed by atoms with Crippen LogP contribution in [0.2, 0.25) is 0 Å². The number of carbonyl (C=O) groups is 1. The third-order valence-electron chi connectivity index (χ3n) is 4.40. The van der Waals surface area contributed by atoms with Crippen LogP contribution >= 0.6 is 0 Å². The fourth-order valence-corrected chi connectivity index (χ4v) is 3.47. The molecule has 3 fully saturated rings. The molecular weight excluding hydrogens is 248 g/mol. The van der Waals surface area contributed by atoms with Gasteiger partial charge in [-0.3, -0.25) is 4.74 Å². The van der Waals surface area contributed by atoms with Gasteiger partial charge in [0.2, 0.25) is 11.4 Å². The van der Waals surface area contributed by atoms with Crippen molar-refractivity contribution in [2.45, 2.75) is 43.7 Å². The number of rotatable bonds is 1. The molecule has 0 aromatic heterocycles. The molecule has 5 nitrogen and oxygen atoms in total. The van der Waals surface area contributed by atoms with E-state index in [9.17, 15) is 4.79 Å². The van der Waals surface area contributed by atoms with Gasteiger partial charge >= 0.3 is 5.97 Å². The summed E-state index contributed by atoms with van der Waals surface area (Å²) in [4.78, 5) is 12.5. The summed E-state index contributed by atoms with van der Waals surface area (Å²) in [6, 6.07) is 9.27. The van der Waals surface area contributed by atoms with Crippen LogP contribution in [0, 0.1) is 0 Å². The topological polar surface area (TPSA) is 54.0 Å². The van der Waals surface area contributed by atoms with Crippen molar-refractivity contribution < 1.29 is 23.7 Å². The molecule has 3 aliphatic rings. The van der Waals surface area contributed by atoms with Crippen molar-refractivity contribution in [3.63, 3.8) is 0 Å².